The second-order valence-electron chi connectivity index (χ2n) is 5.23. The molecule has 0 radical (unpaired) electrons. The highest BCUT2D eigenvalue weighted by Crippen LogP contribution is 2.38. The van der Waals surface area contributed by atoms with Gasteiger partial charge in [-0.15, -0.1) is 6.42 Å². The van der Waals surface area contributed by atoms with Gasteiger partial charge in [0.05, 0.1) is 0 Å². The topological polar surface area (TPSA) is 124 Å². The van der Waals surface area contributed by atoms with E-state index >= 15 is 0 Å². The number of carbonyl (C=O) groups is 4. The zero-order chi connectivity index (χ0) is 17.4. The maximum Gasteiger partial charge on any atom is 0.511 e. The van der Waals surface area contributed by atoms with Gasteiger partial charge in [-0.3, -0.25) is 4.79 Å². The van der Waals surface area contributed by atoms with Crippen LogP contribution in [0.3, 0.4) is 0 Å². The first-order chi connectivity index (χ1) is 11.4. The van der Waals surface area contributed by atoms with Crippen LogP contribution in [0, 0.1) is 18.3 Å². The first-order valence-corrected chi connectivity index (χ1v) is 6.96. The van der Waals surface area contributed by atoms with E-state index in [2.05, 4.69) is 10.7 Å². The van der Waals surface area contributed by atoms with Gasteiger partial charge in [0, 0.05) is 0 Å². The van der Waals surface area contributed by atoms with Gasteiger partial charge in [-0.05, 0) is 6.92 Å². The van der Waals surface area contributed by atoms with Crippen LogP contribution in [0.25, 0.3) is 0 Å². The van der Waals surface area contributed by atoms with Gasteiger partial charge >= 0.3 is 24.1 Å². The summed E-state index contributed by atoms with van der Waals surface area (Å²) in [5.74, 6) is -1.27. The quantitative estimate of drug-likeness (QED) is 0.354. The molecule has 3 saturated heterocycles. The smallest absolute Gasteiger partial charge is 0.453 e. The van der Waals surface area contributed by atoms with Gasteiger partial charge in [-0.1, -0.05) is 5.92 Å². The highest BCUT2D eigenvalue weighted by Gasteiger charge is 2.64. The van der Waals surface area contributed by atoms with Crippen molar-refractivity contribution < 1.29 is 47.6 Å². The number of carbonyl (C=O) groups excluding carboxylic acids is 4. The monoisotopic (exact) mass is 340 g/mol. The van der Waals surface area contributed by atoms with Crippen LogP contribution in [0.15, 0.2) is 0 Å². The lowest BCUT2D eigenvalue weighted by Gasteiger charge is -2.15. The number of terminal acetylenes is 1. The molecular weight excluding hydrogens is 328 g/mol. The zero-order valence-corrected chi connectivity index (χ0v) is 12.3. The molecular formula is C14H12O10. The molecule has 10 nitrogen and oxygen atoms in total. The summed E-state index contributed by atoms with van der Waals surface area (Å²) in [6.45, 7) is 0.712. The summed E-state index contributed by atoms with van der Waals surface area (Å²) in [5.41, 5.74) is 0. The first kappa shape index (κ1) is 16.1. The number of esters is 3. The van der Waals surface area contributed by atoms with Crippen molar-refractivity contribution in [2.75, 3.05) is 6.61 Å². The Morgan fingerprint density at radius 3 is 2.67 bits per heavy atom. The predicted octanol–water partition coefficient (Wildman–Crippen LogP) is -1.10. The fraction of sp³-hybridized carbons (Fsp3) is 0.571. The van der Waals surface area contributed by atoms with Crippen molar-refractivity contribution in [2.24, 2.45) is 5.92 Å². The Morgan fingerprint density at radius 2 is 1.96 bits per heavy atom. The minimum absolute atomic E-state index is 0.718. The van der Waals surface area contributed by atoms with E-state index < -0.39 is 67.3 Å². The molecule has 0 N–H and O–H groups in total. The van der Waals surface area contributed by atoms with E-state index in [4.69, 9.17) is 30.1 Å². The SMILES string of the molecule is C#CC(C)C(=O)OCC(=O)OC1C(=O)OC2C3OC(=O)OC3OC12. The van der Waals surface area contributed by atoms with Crippen molar-refractivity contribution >= 4 is 24.1 Å². The largest absolute Gasteiger partial charge is 0.511 e. The van der Waals surface area contributed by atoms with E-state index in [1.165, 1.54) is 6.92 Å². The Kier molecular flexibility index (Phi) is 4.02. The van der Waals surface area contributed by atoms with Crippen LogP contribution < -0.4 is 0 Å². The van der Waals surface area contributed by atoms with Crippen LogP contribution in [0.4, 0.5) is 4.79 Å². The lowest BCUT2D eigenvalue weighted by molar-refractivity contribution is -0.176. The van der Waals surface area contributed by atoms with Crippen LogP contribution in [-0.2, 0) is 42.8 Å². The second kappa shape index (κ2) is 6.01. The molecule has 0 amide bonds. The maximum absolute atomic E-state index is 11.8. The third-order valence-corrected chi connectivity index (χ3v) is 3.63. The van der Waals surface area contributed by atoms with Gasteiger partial charge in [-0.25, -0.2) is 14.4 Å². The van der Waals surface area contributed by atoms with Crippen LogP contribution in [0.2, 0.25) is 0 Å². The van der Waals surface area contributed by atoms with E-state index in [0.29, 0.717) is 0 Å². The zero-order valence-electron chi connectivity index (χ0n) is 12.3. The van der Waals surface area contributed by atoms with Crippen molar-refractivity contribution in [3.63, 3.8) is 0 Å². The molecule has 0 aromatic heterocycles. The third kappa shape index (κ3) is 2.74. The number of hydrogen-bond acceptors (Lipinski definition) is 10. The summed E-state index contributed by atoms with van der Waals surface area (Å²) in [6.07, 6.45) is -1.12. The third-order valence-electron chi connectivity index (χ3n) is 3.63. The lowest BCUT2D eigenvalue weighted by Crippen LogP contribution is -2.37. The van der Waals surface area contributed by atoms with Crippen molar-refractivity contribution in [1.29, 1.82) is 0 Å². The van der Waals surface area contributed by atoms with Gasteiger partial charge < -0.3 is 28.4 Å². The van der Waals surface area contributed by atoms with E-state index in [0.717, 1.165) is 0 Å². The molecule has 3 fully saturated rings. The van der Waals surface area contributed by atoms with Crippen LogP contribution >= 0.6 is 0 Å². The highest BCUT2D eigenvalue weighted by molar-refractivity contribution is 5.84. The van der Waals surface area contributed by atoms with Crippen LogP contribution in [0.5, 0.6) is 0 Å². The molecule has 0 saturated carbocycles. The number of ether oxygens (including phenoxy) is 6. The van der Waals surface area contributed by atoms with E-state index in [-0.39, 0.29) is 0 Å². The minimum Gasteiger partial charge on any atom is -0.453 e. The number of rotatable bonds is 4. The standard InChI is InChI=1S/C14H12O10/c1-3-5(2)11(16)19-4-6(15)20-9-7-8(21-12(9)17)10-13(22-7)24-14(18)23-10/h1,5,7-10,13H,4H2,2H3. The Morgan fingerprint density at radius 1 is 1.21 bits per heavy atom. The molecule has 0 aliphatic carbocycles. The molecule has 0 aromatic rings. The van der Waals surface area contributed by atoms with Gasteiger partial charge in [0.25, 0.3) is 0 Å². The first-order valence-electron chi connectivity index (χ1n) is 6.96. The summed E-state index contributed by atoms with van der Waals surface area (Å²) >= 11 is 0. The Balaban J connectivity index is 1.55. The molecule has 10 heteroatoms. The molecule has 3 aliphatic rings. The molecule has 3 aliphatic heterocycles. The summed E-state index contributed by atoms with van der Waals surface area (Å²) in [5, 5.41) is 0. The second-order valence-corrected chi connectivity index (χ2v) is 5.23. The minimum atomic E-state index is -1.38. The normalized spacial score (nSPS) is 34.1. The number of hydrogen-bond donors (Lipinski definition) is 0. The highest BCUT2D eigenvalue weighted by atomic mass is 16.9. The molecule has 0 spiro atoms. The van der Waals surface area contributed by atoms with Crippen molar-refractivity contribution in [3.05, 3.63) is 0 Å². The number of fused-ring (bicyclic) bond motifs is 3. The van der Waals surface area contributed by atoms with Gasteiger partial charge in [0.1, 0.15) is 5.92 Å². The van der Waals surface area contributed by atoms with Crippen LogP contribution in [0.1, 0.15) is 6.92 Å². The maximum atomic E-state index is 11.8. The summed E-state index contributed by atoms with van der Waals surface area (Å²) in [4.78, 5) is 45.9. The van der Waals surface area contributed by atoms with Crippen molar-refractivity contribution in [1.82, 2.24) is 0 Å². The fourth-order valence-corrected chi connectivity index (χ4v) is 2.43. The summed E-state index contributed by atoms with van der Waals surface area (Å²) in [6, 6.07) is 0. The molecule has 128 valence electrons. The molecule has 24 heavy (non-hydrogen) atoms. The molecule has 6 unspecified atom stereocenters. The Labute approximate surface area is 135 Å². The van der Waals surface area contributed by atoms with E-state index in [9.17, 15) is 19.2 Å². The van der Waals surface area contributed by atoms with Crippen LogP contribution in [-0.4, -0.2) is 61.4 Å². The van der Waals surface area contributed by atoms with Gasteiger partial charge in [0.2, 0.25) is 18.5 Å². The predicted molar refractivity (Wildman–Crippen MR) is 68.7 cm³/mol. The average Bonchev–Trinajstić information content (AvgIpc) is 3.15. The summed E-state index contributed by atoms with van der Waals surface area (Å²) in [7, 11) is 0. The Hall–Kier alpha value is -2.80. The van der Waals surface area contributed by atoms with Gasteiger partial charge in [-0.2, -0.15) is 0 Å². The van der Waals surface area contributed by atoms with E-state index in [1.807, 2.05) is 0 Å². The molecule has 3 heterocycles. The van der Waals surface area contributed by atoms with E-state index in [1.54, 1.807) is 0 Å². The average molecular weight is 340 g/mol. The molecule has 0 aromatic carbocycles. The lowest BCUT2D eigenvalue weighted by atomic mass is 10.1. The van der Waals surface area contributed by atoms with Crippen molar-refractivity contribution in [3.8, 4) is 12.3 Å². The Bertz CT molecular complexity index is 634. The molecule has 0 bridgehead atoms. The fourth-order valence-electron chi connectivity index (χ4n) is 2.43. The summed E-state index contributed by atoms with van der Waals surface area (Å²) < 4.78 is 29.5. The van der Waals surface area contributed by atoms with Crippen molar-refractivity contribution in [2.45, 2.75) is 37.6 Å². The van der Waals surface area contributed by atoms with Gasteiger partial charge in [0.15, 0.2) is 18.8 Å². The molecule has 3 rings (SSSR count). The molecule has 6 atom stereocenters.